The van der Waals surface area contributed by atoms with E-state index in [0.29, 0.717) is 58.4 Å². The molecule has 3 aromatic carbocycles. The topological polar surface area (TPSA) is 157 Å². The number of aromatic nitrogens is 4. The van der Waals surface area contributed by atoms with E-state index >= 15 is 0 Å². The second kappa shape index (κ2) is 14.3. The standard InChI is InChI=1S/C33H35ClN6O6S/c1-20-18-25(19-21(2)29(20)34)46-16-7-9-27-26-8-5-6-10-28(26)36-31(27)33(42)38-47(43,44)17-15-35-32(41)30-22(3)40(39-37-30)23-11-13-24(45-4)14-12-23/h5-6,8,10-14,18-19,36H,7,9,15-17H2,1-4H3,(H,35,41)(H,38,42). The molecule has 0 fully saturated rings. The van der Waals surface area contributed by atoms with Gasteiger partial charge in [-0.15, -0.1) is 5.10 Å². The second-order valence-corrected chi connectivity index (χ2v) is 13.2. The van der Waals surface area contributed by atoms with Crippen LogP contribution in [0.3, 0.4) is 0 Å². The van der Waals surface area contributed by atoms with Gasteiger partial charge in [-0.25, -0.2) is 17.8 Å². The Morgan fingerprint density at radius 3 is 2.38 bits per heavy atom. The first-order chi connectivity index (χ1) is 22.5. The molecule has 2 aromatic heterocycles. The molecule has 0 bridgehead atoms. The van der Waals surface area contributed by atoms with Crippen LogP contribution < -0.4 is 19.5 Å². The molecule has 0 unspecified atom stereocenters. The van der Waals surface area contributed by atoms with E-state index in [0.717, 1.165) is 16.5 Å². The molecule has 0 saturated carbocycles. The molecule has 0 radical (unpaired) electrons. The van der Waals surface area contributed by atoms with Gasteiger partial charge in [-0.2, -0.15) is 0 Å². The highest BCUT2D eigenvalue weighted by Gasteiger charge is 2.23. The number of nitrogens with one attached hydrogen (secondary N) is 3. The number of rotatable bonds is 13. The van der Waals surface area contributed by atoms with Crippen molar-refractivity contribution in [2.75, 3.05) is 26.0 Å². The number of hydrogen-bond donors (Lipinski definition) is 3. The molecule has 0 saturated heterocycles. The predicted molar refractivity (Wildman–Crippen MR) is 179 cm³/mol. The molecule has 47 heavy (non-hydrogen) atoms. The molecular formula is C33H35ClN6O6S. The van der Waals surface area contributed by atoms with E-state index in [4.69, 9.17) is 21.1 Å². The first-order valence-electron chi connectivity index (χ1n) is 14.9. The molecule has 14 heteroatoms. The summed E-state index contributed by atoms with van der Waals surface area (Å²) in [5, 5.41) is 12.1. The molecule has 2 heterocycles. The first-order valence-corrected chi connectivity index (χ1v) is 16.9. The zero-order valence-corrected chi connectivity index (χ0v) is 28.0. The van der Waals surface area contributed by atoms with Crippen molar-refractivity contribution in [3.63, 3.8) is 0 Å². The Hall–Kier alpha value is -4.88. The zero-order chi connectivity index (χ0) is 33.7. The van der Waals surface area contributed by atoms with Crippen molar-refractivity contribution >= 4 is 44.3 Å². The molecule has 0 spiro atoms. The summed E-state index contributed by atoms with van der Waals surface area (Å²) < 4.78 is 40.5. The third-order valence-electron chi connectivity index (χ3n) is 7.62. The van der Waals surface area contributed by atoms with Crippen LogP contribution in [-0.4, -0.2) is 66.2 Å². The van der Waals surface area contributed by atoms with E-state index in [1.165, 1.54) is 4.68 Å². The van der Waals surface area contributed by atoms with Crippen molar-refractivity contribution in [3.8, 4) is 17.2 Å². The Bertz CT molecular complexity index is 2020. The molecular weight excluding hydrogens is 644 g/mol. The predicted octanol–water partition coefficient (Wildman–Crippen LogP) is 4.84. The fourth-order valence-corrected chi connectivity index (χ4v) is 6.18. The minimum Gasteiger partial charge on any atom is -0.497 e. The number of halogens is 1. The van der Waals surface area contributed by atoms with Crippen molar-refractivity contribution in [3.05, 3.63) is 99.5 Å². The molecule has 0 aliphatic rings. The van der Waals surface area contributed by atoms with E-state index in [2.05, 4.69) is 25.3 Å². The largest absolute Gasteiger partial charge is 0.497 e. The smallest absolute Gasteiger partial charge is 0.281 e. The maximum atomic E-state index is 13.3. The number of nitrogens with zero attached hydrogens (tertiary/aromatic N) is 3. The van der Waals surface area contributed by atoms with Crippen molar-refractivity contribution < 1.29 is 27.5 Å². The van der Waals surface area contributed by atoms with E-state index in [-0.39, 0.29) is 17.9 Å². The fraction of sp³-hybridized carbons (Fsp3) is 0.273. The lowest BCUT2D eigenvalue weighted by Crippen LogP contribution is -2.38. The van der Waals surface area contributed by atoms with Crippen LogP contribution in [0, 0.1) is 20.8 Å². The summed E-state index contributed by atoms with van der Waals surface area (Å²) >= 11 is 6.26. The molecule has 3 N–H and O–H groups in total. The van der Waals surface area contributed by atoms with Gasteiger partial charge in [-0.1, -0.05) is 35.0 Å². The number of ether oxygens (including phenoxy) is 2. The van der Waals surface area contributed by atoms with E-state index in [1.54, 1.807) is 38.3 Å². The van der Waals surface area contributed by atoms with Crippen molar-refractivity contribution in [1.82, 2.24) is 30.0 Å². The maximum Gasteiger partial charge on any atom is 0.281 e. The number of H-pyrrole nitrogens is 1. The number of para-hydroxylation sites is 1. The van der Waals surface area contributed by atoms with Gasteiger partial charge in [0.2, 0.25) is 10.0 Å². The minimum atomic E-state index is -4.11. The Balaban J connectivity index is 1.19. The third-order valence-corrected chi connectivity index (χ3v) is 9.46. The Morgan fingerprint density at radius 2 is 1.68 bits per heavy atom. The summed E-state index contributed by atoms with van der Waals surface area (Å²) in [4.78, 5) is 29.1. The normalized spacial score (nSPS) is 11.4. The summed E-state index contributed by atoms with van der Waals surface area (Å²) in [5.74, 6) is -0.530. The SMILES string of the molecule is COc1ccc(-n2nnc(C(=O)NCCS(=O)(=O)NC(=O)c3[nH]c4ccccc4c3CCCOc3cc(C)c(Cl)c(C)c3)c2C)cc1. The summed E-state index contributed by atoms with van der Waals surface area (Å²) in [6, 6.07) is 18.2. The molecule has 0 aliphatic heterocycles. The number of methoxy groups -OCH3 is 1. The lowest BCUT2D eigenvalue weighted by molar-refractivity contribution is 0.0949. The van der Waals surface area contributed by atoms with Crippen LogP contribution in [0.5, 0.6) is 11.5 Å². The lowest BCUT2D eigenvalue weighted by atomic mass is 10.1. The molecule has 246 valence electrons. The van der Waals surface area contributed by atoms with Crippen molar-refractivity contribution in [1.29, 1.82) is 0 Å². The quantitative estimate of drug-likeness (QED) is 0.149. The molecule has 5 aromatic rings. The van der Waals surface area contributed by atoms with Gasteiger partial charge in [-0.05, 0) is 92.8 Å². The Kier molecular flexibility index (Phi) is 10.2. The molecule has 5 rings (SSSR count). The molecule has 12 nitrogen and oxygen atoms in total. The van der Waals surface area contributed by atoms with Crippen LogP contribution in [-0.2, 0) is 16.4 Å². The van der Waals surface area contributed by atoms with Gasteiger partial charge < -0.3 is 19.8 Å². The highest BCUT2D eigenvalue weighted by molar-refractivity contribution is 7.90. The number of hydrogen-bond acceptors (Lipinski definition) is 8. The van der Waals surface area contributed by atoms with Gasteiger partial charge in [0.25, 0.3) is 11.8 Å². The van der Waals surface area contributed by atoms with Gasteiger partial charge in [0, 0.05) is 22.5 Å². The second-order valence-electron chi connectivity index (χ2n) is 11.0. The average Bonchev–Trinajstić information content (AvgIpc) is 3.62. The van der Waals surface area contributed by atoms with Crippen LogP contribution >= 0.6 is 11.6 Å². The minimum absolute atomic E-state index is 0.0512. The number of amides is 2. The Morgan fingerprint density at radius 1 is 0.979 bits per heavy atom. The number of benzene rings is 3. The monoisotopic (exact) mass is 678 g/mol. The highest BCUT2D eigenvalue weighted by Crippen LogP contribution is 2.27. The van der Waals surface area contributed by atoms with Crippen molar-refractivity contribution in [2.45, 2.75) is 33.6 Å². The number of sulfonamides is 1. The lowest BCUT2D eigenvalue weighted by Gasteiger charge is -2.11. The van der Waals surface area contributed by atoms with E-state index in [1.807, 2.05) is 50.2 Å². The average molecular weight is 679 g/mol. The summed E-state index contributed by atoms with van der Waals surface area (Å²) in [6.07, 6.45) is 1.04. The Labute approximate surface area is 277 Å². The van der Waals surface area contributed by atoms with Crippen LogP contribution in [0.25, 0.3) is 16.6 Å². The van der Waals surface area contributed by atoms with Gasteiger partial charge in [0.1, 0.15) is 17.2 Å². The van der Waals surface area contributed by atoms with E-state index in [9.17, 15) is 18.0 Å². The number of fused-ring (bicyclic) bond motifs is 1. The van der Waals surface area contributed by atoms with Gasteiger partial charge in [0.05, 0.1) is 30.9 Å². The zero-order valence-electron chi connectivity index (χ0n) is 26.4. The number of aryl methyl sites for hydroxylation is 3. The third kappa shape index (κ3) is 7.75. The van der Waals surface area contributed by atoms with Crippen LogP contribution in [0.4, 0.5) is 0 Å². The molecule has 2 amide bonds. The molecule has 0 aliphatic carbocycles. The maximum absolute atomic E-state index is 13.3. The summed E-state index contributed by atoms with van der Waals surface area (Å²) in [6.45, 7) is 5.64. The number of carbonyl (C=O) groups is 2. The van der Waals surface area contributed by atoms with Crippen LogP contribution in [0.2, 0.25) is 5.02 Å². The summed E-state index contributed by atoms with van der Waals surface area (Å²) in [7, 11) is -2.55. The van der Waals surface area contributed by atoms with Gasteiger partial charge in [0.15, 0.2) is 5.69 Å². The first kappa shape index (κ1) is 33.5. The van der Waals surface area contributed by atoms with Gasteiger partial charge >= 0.3 is 0 Å². The van der Waals surface area contributed by atoms with Crippen molar-refractivity contribution in [2.24, 2.45) is 0 Å². The fourth-order valence-electron chi connectivity index (χ4n) is 5.22. The highest BCUT2D eigenvalue weighted by atomic mass is 35.5. The number of carbonyl (C=O) groups excluding carboxylic acids is 2. The number of aromatic amines is 1. The van der Waals surface area contributed by atoms with Gasteiger partial charge in [-0.3, -0.25) is 9.59 Å². The van der Waals surface area contributed by atoms with Crippen LogP contribution in [0.1, 0.15) is 49.8 Å². The molecule has 0 atom stereocenters. The van der Waals surface area contributed by atoms with Crippen LogP contribution in [0.15, 0.2) is 60.7 Å². The summed E-state index contributed by atoms with van der Waals surface area (Å²) in [5.41, 5.74) is 4.59. The van der Waals surface area contributed by atoms with E-state index < -0.39 is 27.6 Å².